The first-order chi connectivity index (χ1) is 31.2. The van der Waals surface area contributed by atoms with E-state index in [0.717, 1.165) is 57.8 Å². The summed E-state index contributed by atoms with van der Waals surface area (Å²) >= 11 is 0. The molecule has 0 rings (SSSR count). The van der Waals surface area contributed by atoms with E-state index >= 15 is 0 Å². The van der Waals surface area contributed by atoms with Gasteiger partial charge in [-0.25, -0.2) is 0 Å². The van der Waals surface area contributed by atoms with Crippen LogP contribution in [0.3, 0.4) is 0 Å². The van der Waals surface area contributed by atoms with E-state index in [1.54, 1.807) is 0 Å². The van der Waals surface area contributed by atoms with Crippen molar-refractivity contribution in [3.63, 3.8) is 0 Å². The van der Waals surface area contributed by atoms with E-state index in [2.05, 4.69) is 98.9 Å². The van der Waals surface area contributed by atoms with Crippen molar-refractivity contribution in [1.29, 1.82) is 0 Å². The van der Waals surface area contributed by atoms with Crippen molar-refractivity contribution in [2.45, 2.75) is 264 Å². The van der Waals surface area contributed by atoms with E-state index in [4.69, 9.17) is 9.47 Å². The zero-order valence-electron chi connectivity index (χ0n) is 41.8. The molecule has 0 saturated carbocycles. The second-order valence-corrected chi connectivity index (χ2v) is 17.9. The number of esters is 1. The van der Waals surface area contributed by atoms with E-state index in [1.165, 1.54) is 180 Å². The Morgan fingerprint density at radius 3 is 1.08 bits per heavy atom. The van der Waals surface area contributed by atoms with Crippen LogP contribution in [0, 0.1) is 0 Å². The fourth-order valence-corrected chi connectivity index (χ4v) is 7.68. The van der Waals surface area contributed by atoms with Crippen molar-refractivity contribution in [2.24, 2.45) is 0 Å². The van der Waals surface area contributed by atoms with Gasteiger partial charge in [-0.2, -0.15) is 0 Å². The molecule has 0 bridgehead atoms. The normalized spacial score (nSPS) is 13.0. The molecule has 0 amide bonds. The molecule has 1 atom stereocenters. The van der Waals surface area contributed by atoms with E-state index in [1.807, 2.05) is 0 Å². The first kappa shape index (κ1) is 60.6. The Labute approximate surface area is 392 Å². The Morgan fingerprint density at radius 1 is 0.397 bits per heavy atom. The predicted octanol–water partition coefficient (Wildman–Crippen LogP) is 18.7. The monoisotopic (exact) mass is 877 g/mol. The van der Waals surface area contributed by atoms with E-state index < -0.39 is 6.10 Å². The number of hydrogen-bond acceptors (Lipinski definition) is 4. The summed E-state index contributed by atoms with van der Waals surface area (Å²) in [6.45, 7) is 5.23. The molecule has 63 heavy (non-hydrogen) atoms. The predicted molar refractivity (Wildman–Crippen MR) is 279 cm³/mol. The number of allylic oxidation sites excluding steroid dienone is 14. The fraction of sp³-hybridized carbons (Fsp3) is 0.746. The molecule has 0 aromatic carbocycles. The molecule has 0 radical (unpaired) electrons. The summed E-state index contributed by atoms with van der Waals surface area (Å²) in [6.07, 6.45) is 78.3. The highest BCUT2D eigenvalue weighted by Crippen LogP contribution is 2.15. The van der Waals surface area contributed by atoms with Gasteiger partial charge in [-0.15, -0.1) is 0 Å². The lowest BCUT2D eigenvalue weighted by Crippen LogP contribution is -2.27. The number of ether oxygens (including phenoxy) is 2. The van der Waals surface area contributed by atoms with Crippen LogP contribution in [0.4, 0.5) is 0 Å². The molecule has 0 heterocycles. The summed E-state index contributed by atoms with van der Waals surface area (Å²) < 4.78 is 11.2. The summed E-state index contributed by atoms with van der Waals surface area (Å²) in [6, 6.07) is 0. The van der Waals surface area contributed by atoms with Gasteiger partial charge in [-0.05, 0) is 89.9 Å². The zero-order valence-corrected chi connectivity index (χ0v) is 41.8. The molecule has 4 heteroatoms. The SMILES string of the molecule is CC/C=C\C/C=C\C/C=C\C/C=C\CCCCCCCCCCCCCCC(=O)OC(CO)COCCCCCCCCCCCCC/C=C\C/C=C\C/C=C\CCCCCCC. The molecule has 364 valence electrons. The molecular weight excluding hydrogens is 773 g/mol. The van der Waals surface area contributed by atoms with Gasteiger partial charge < -0.3 is 14.6 Å². The lowest BCUT2D eigenvalue weighted by atomic mass is 10.0. The van der Waals surface area contributed by atoms with E-state index in [9.17, 15) is 9.90 Å². The van der Waals surface area contributed by atoms with Crippen LogP contribution in [0.1, 0.15) is 258 Å². The van der Waals surface area contributed by atoms with Crippen molar-refractivity contribution >= 4 is 5.97 Å². The maximum Gasteiger partial charge on any atom is 0.306 e. The minimum atomic E-state index is -0.543. The summed E-state index contributed by atoms with van der Waals surface area (Å²) in [5, 5.41) is 9.67. The lowest BCUT2D eigenvalue weighted by Gasteiger charge is -2.16. The van der Waals surface area contributed by atoms with Crippen LogP contribution >= 0.6 is 0 Å². The topological polar surface area (TPSA) is 55.8 Å². The van der Waals surface area contributed by atoms with Crippen LogP contribution in [-0.2, 0) is 14.3 Å². The highest BCUT2D eigenvalue weighted by atomic mass is 16.6. The number of carbonyl (C=O) groups is 1. The van der Waals surface area contributed by atoms with Gasteiger partial charge in [0.25, 0.3) is 0 Å². The molecule has 4 nitrogen and oxygen atoms in total. The van der Waals surface area contributed by atoms with Gasteiger partial charge in [0.1, 0.15) is 6.10 Å². The van der Waals surface area contributed by atoms with Gasteiger partial charge in [0.05, 0.1) is 13.2 Å². The third-order valence-corrected chi connectivity index (χ3v) is 11.7. The number of unbranched alkanes of at least 4 members (excludes halogenated alkanes) is 28. The van der Waals surface area contributed by atoms with Gasteiger partial charge >= 0.3 is 5.97 Å². The first-order valence-electron chi connectivity index (χ1n) is 27.2. The quantitative estimate of drug-likeness (QED) is 0.0376. The third kappa shape index (κ3) is 53.8. The fourth-order valence-electron chi connectivity index (χ4n) is 7.68. The van der Waals surface area contributed by atoms with E-state index in [-0.39, 0.29) is 12.6 Å². The van der Waals surface area contributed by atoms with Crippen LogP contribution in [0.15, 0.2) is 85.1 Å². The second kappa shape index (κ2) is 55.7. The van der Waals surface area contributed by atoms with Crippen LogP contribution < -0.4 is 0 Å². The summed E-state index contributed by atoms with van der Waals surface area (Å²) in [5.41, 5.74) is 0. The van der Waals surface area contributed by atoms with Crippen molar-refractivity contribution in [2.75, 3.05) is 19.8 Å². The maximum absolute atomic E-state index is 12.3. The molecule has 1 unspecified atom stereocenters. The molecule has 1 N–H and O–H groups in total. The second-order valence-electron chi connectivity index (χ2n) is 17.9. The summed E-state index contributed by atoms with van der Waals surface area (Å²) in [4.78, 5) is 12.3. The van der Waals surface area contributed by atoms with Crippen LogP contribution in [-0.4, -0.2) is 37.0 Å². The summed E-state index contributed by atoms with van der Waals surface area (Å²) in [7, 11) is 0. The van der Waals surface area contributed by atoms with Gasteiger partial charge in [0, 0.05) is 13.0 Å². The number of aliphatic hydroxyl groups excluding tert-OH is 1. The van der Waals surface area contributed by atoms with Crippen LogP contribution in [0.25, 0.3) is 0 Å². The molecule has 0 spiro atoms. The molecule has 0 aliphatic heterocycles. The molecule has 0 fully saturated rings. The Bertz CT molecular complexity index is 1110. The van der Waals surface area contributed by atoms with Crippen LogP contribution in [0.2, 0.25) is 0 Å². The van der Waals surface area contributed by atoms with Crippen LogP contribution in [0.5, 0.6) is 0 Å². The average Bonchev–Trinajstić information content (AvgIpc) is 3.29. The number of rotatable bonds is 50. The molecule has 0 aliphatic rings. The van der Waals surface area contributed by atoms with Crippen molar-refractivity contribution in [1.82, 2.24) is 0 Å². The maximum atomic E-state index is 12.3. The Kier molecular flexibility index (Phi) is 53.6. The van der Waals surface area contributed by atoms with Gasteiger partial charge in [-0.3, -0.25) is 4.79 Å². The van der Waals surface area contributed by atoms with Crippen molar-refractivity contribution in [3.8, 4) is 0 Å². The lowest BCUT2D eigenvalue weighted by molar-refractivity contribution is -0.154. The minimum absolute atomic E-state index is 0.176. The van der Waals surface area contributed by atoms with Gasteiger partial charge in [-0.1, -0.05) is 247 Å². The number of carbonyl (C=O) groups excluding carboxylic acids is 1. The largest absolute Gasteiger partial charge is 0.457 e. The average molecular weight is 877 g/mol. The van der Waals surface area contributed by atoms with Gasteiger partial charge in [0.2, 0.25) is 0 Å². The number of aliphatic hydroxyl groups is 1. The minimum Gasteiger partial charge on any atom is -0.457 e. The standard InChI is InChI=1S/C59H104O4/c1-3-5-7-9-11-13-15-17-19-21-23-25-27-29-31-33-35-37-39-41-43-45-47-49-51-53-55-62-57-58(56-60)63-59(61)54-52-50-48-46-44-42-40-38-36-34-32-30-28-26-24-22-20-18-16-14-12-10-8-6-4-2/h6,8,12,14-15,17-18,20-21,23-24,26-27,29,58,60H,3-5,7,9-11,13,16,19,22,25,28,30-57H2,1-2H3/b8-6-,14-12-,17-15-,20-18-,23-21-,26-24-,29-27-. The van der Waals surface area contributed by atoms with Gasteiger partial charge in [0.15, 0.2) is 0 Å². The molecule has 0 aliphatic carbocycles. The molecular formula is C59H104O4. The Hall–Kier alpha value is -2.43. The number of hydrogen-bond donors (Lipinski definition) is 1. The van der Waals surface area contributed by atoms with E-state index in [0.29, 0.717) is 19.6 Å². The summed E-state index contributed by atoms with van der Waals surface area (Å²) in [5.74, 6) is -0.204. The highest BCUT2D eigenvalue weighted by molar-refractivity contribution is 5.69. The Morgan fingerprint density at radius 2 is 0.714 bits per heavy atom. The Balaban J connectivity index is 3.43. The molecule has 0 aromatic rings. The third-order valence-electron chi connectivity index (χ3n) is 11.7. The highest BCUT2D eigenvalue weighted by Gasteiger charge is 2.13. The first-order valence-corrected chi connectivity index (χ1v) is 27.2. The van der Waals surface area contributed by atoms with Crippen molar-refractivity contribution in [3.05, 3.63) is 85.1 Å². The zero-order chi connectivity index (χ0) is 45.5. The van der Waals surface area contributed by atoms with Crippen molar-refractivity contribution < 1.29 is 19.4 Å². The smallest absolute Gasteiger partial charge is 0.306 e. The molecule has 0 saturated heterocycles. The molecule has 0 aromatic heterocycles.